The minimum Gasteiger partial charge on any atom is -0.496 e. The van der Waals surface area contributed by atoms with Gasteiger partial charge in [-0.25, -0.2) is 4.39 Å². The fraction of sp³-hybridized carbons (Fsp3) is 0.250. The Bertz CT molecular complexity index is 567. The van der Waals surface area contributed by atoms with Crippen LogP contribution in [-0.2, 0) is 0 Å². The first kappa shape index (κ1) is 15.0. The molecular weight excluding hydrogens is 273 g/mol. The van der Waals surface area contributed by atoms with Gasteiger partial charge in [0, 0.05) is 24.7 Å². The monoisotopic (exact) mass is 291 g/mol. The molecule has 0 aliphatic heterocycles. The lowest BCUT2D eigenvalue weighted by Crippen LogP contribution is -2.12. The van der Waals surface area contributed by atoms with Crippen molar-refractivity contribution in [3.63, 3.8) is 0 Å². The van der Waals surface area contributed by atoms with Crippen LogP contribution in [0.1, 0.15) is 0 Å². The Morgan fingerprint density at radius 3 is 2.19 bits per heavy atom. The lowest BCUT2D eigenvalue weighted by molar-refractivity contribution is 0.324. The number of ether oxygens (including phenoxy) is 3. The SMILES string of the molecule is COc1cc(OC)cc(OCCNc2ccccc2F)c1. The molecule has 0 unspecified atom stereocenters. The molecule has 4 nitrogen and oxygen atoms in total. The van der Waals surface area contributed by atoms with E-state index in [1.807, 2.05) is 0 Å². The highest BCUT2D eigenvalue weighted by Crippen LogP contribution is 2.27. The number of anilines is 1. The lowest BCUT2D eigenvalue weighted by Gasteiger charge is -2.11. The molecule has 2 aromatic carbocycles. The Morgan fingerprint density at radius 2 is 1.57 bits per heavy atom. The molecule has 1 N–H and O–H groups in total. The topological polar surface area (TPSA) is 39.7 Å². The minimum atomic E-state index is -0.277. The largest absolute Gasteiger partial charge is 0.496 e. The van der Waals surface area contributed by atoms with E-state index in [0.29, 0.717) is 36.1 Å². The van der Waals surface area contributed by atoms with Crippen LogP contribution in [0.4, 0.5) is 10.1 Å². The molecule has 0 atom stereocenters. The highest BCUT2D eigenvalue weighted by Gasteiger charge is 2.03. The molecule has 0 heterocycles. The van der Waals surface area contributed by atoms with Gasteiger partial charge in [-0.1, -0.05) is 12.1 Å². The van der Waals surface area contributed by atoms with Gasteiger partial charge in [-0.05, 0) is 12.1 Å². The maximum atomic E-state index is 13.4. The molecule has 0 fully saturated rings. The fourth-order valence-electron chi connectivity index (χ4n) is 1.82. The molecule has 2 aromatic rings. The molecule has 0 amide bonds. The van der Waals surface area contributed by atoms with Gasteiger partial charge in [-0.2, -0.15) is 0 Å². The number of methoxy groups -OCH3 is 2. The van der Waals surface area contributed by atoms with Gasteiger partial charge in [0.2, 0.25) is 0 Å². The quantitative estimate of drug-likeness (QED) is 0.794. The van der Waals surface area contributed by atoms with Crippen molar-refractivity contribution in [2.24, 2.45) is 0 Å². The van der Waals surface area contributed by atoms with Gasteiger partial charge in [0.15, 0.2) is 0 Å². The number of halogens is 1. The van der Waals surface area contributed by atoms with E-state index in [-0.39, 0.29) is 5.82 Å². The average molecular weight is 291 g/mol. The number of para-hydroxylation sites is 1. The molecule has 0 spiro atoms. The first-order valence-corrected chi connectivity index (χ1v) is 6.57. The summed E-state index contributed by atoms with van der Waals surface area (Å²) in [5, 5.41) is 2.98. The third-order valence-corrected chi connectivity index (χ3v) is 2.89. The maximum absolute atomic E-state index is 13.4. The second-order valence-electron chi connectivity index (χ2n) is 4.30. The van der Waals surface area contributed by atoms with Gasteiger partial charge in [-0.3, -0.25) is 0 Å². The van der Waals surface area contributed by atoms with E-state index in [1.165, 1.54) is 6.07 Å². The molecule has 0 bridgehead atoms. The van der Waals surface area contributed by atoms with Crippen LogP contribution in [0.2, 0.25) is 0 Å². The smallest absolute Gasteiger partial charge is 0.146 e. The van der Waals surface area contributed by atoms with Gasteiger partial charge in [-0.15, -0.1) is 0 Å². The summed E-state index contributed by atoms with van der Waals surface area (Å²) in [7, 11) is 3.16. The standard InChI is InChI=1S/C16H18FNO3/c1-19-12-9-13(20-2)11-14(10-12)21-8-7-18-16-6-4-3-5-15(16)17/h3-6,9-11,18H,7-8H2,1-2H3. The second-order valence-corrected chi connectivity index (χ2v) is 4.30. The molecule has 0 aliphatic carbocycles. The highest BCUT2D eigenvalue weighted by atomic mass is 19.1. The third-order valence-electron chi connectivity index (χ3n) is 2.89. The first-order chi connectivity index (χ1) is 10.2. The van der Waals surface area contributed by atoms with Gasteiger partial charge in [0.1, 0.15) is 29.7 Å². The van der Waals surface area contributed by atoms with Crippen molar-refractivity contribution in [1.29, 1.82) is 0 Å². The van der Waals surface area contributed by atoms with E-state index in [1.54, 1.807) is 50.6 Å². The van der Waals surface area contributed by atoms with Gasteiger partial charge in [0.05, 0.1) is 19.9 Å². The molecular formula is C16H18FNO3. The first-order valence-electron chi connectivity index (χ1n) is 6.57. The Labute approximate surface area is 123 Å². The molecule has 0 saturated heterocycles. The van der Waals surface area contributed by atoms with Crippen molar-refractivity contribution in [2.75, 3.05) is 32.7 Å². The Hall–Kier alpha value is -2.43. The summed E-state index contributed by atoms with van der Waals surface area (Å²) in [6, 6.07) is 11.8. The van der Waals surface area contributed by atoms with Crippen molar-refractivity contribution < 1.29 is 18.6 Å². The number of nitrogens with one attached hydrogen (secondary N) is 1. The number of rotatable bonds is 7. The Kier molecular flexibility index (Phi) is 5.26. The molecule has 0 aliphatic rings. The highest BCUT2D eigenvalue weighted by molar-refractivity contribution is 5.44. The summed E-state index contributed by atoms with van der Waals surface area (Å²) in [5.74, 6) is 1.68. The summed E-state index contributed by atoms with van der Waals surface area (Å²) < 4.78 is 29.3. The second kappa shape index (κ2) is 7.38. The van der Waals surface area contributed by atoms with Gasteiger partial charge < -0.3 is 19.5 Å². The number of hydrogen-bond donors (Lipinski definition) is 1. The summed E-state index contributed by atoms with van der Waals surface area (Å²) in [6.07, 6.45) is 0. The summed E-state index contributed by atoms with van der Waals surface area (Å²) in [5.41, 5.74) is 0.462. The van der Waals surface area contributed by atoms with Crippen molar-refractivity contribution in [2.45, 2.75) is 0 Å². The van der Waals surface area contributed by atoms with Crippen molar-refractivity contribution in [1.82, 2.24) is 0 Å². The van der Waals surface area contributed by atoms with Gasteiger partial charge >= 0.3 is 0 Å². The van der Waals surface area contributed by atoms with Crippen LogP contribution in [0, 0.1) is 5.82 Å². The van der Waals surface area contributed by atoms with Crippen LogP contribution in [0.25, 0.3) is 0 Å². The minimum absolute atomic E-state index is 0.277. The molecule has 21 heavy (non-hydrogen) atoms. The zero-order valence-corrected chi connectivity index (χ0v) is 12.1. The normalized spacial score (nSPS) is 10.0. The molecule has 0 radical (unpaired) electrons. The van der Waals surface area contributed by atoms with E-state index in [0.717, 1.165) is 0 Å². The average Bonchev–Trinajstić information content (AvgIpc) is 2.52. The van der Waals surface area contributed by atoms with Crippen LogP contribution in [-0.4, -0.2) is 27.4 Å². The molecule has 5 heteroatoms. The third kappa shape index (κ3) is 4.27. The van der Waals surface area contributed by atoms with Crippen molar-refractivity contribution in [3.05, 3.63) is 48.3 Å². The predicted molar refractivity (Wildman–Crippen MR) is 79.9 cm³/mol. The maximum Gasteiger partial charge on any atom is 0.146 e. The van der Waals surface area contributed by atoms with Crippen LogP contribution in [0.15, 0.2) is 42.5 Å². The molecule has 0 saturated carbocycles. The van der Waals surface area contributed by atoms with Gasteiger partial charge in [0.25, 0.3) is 0 Å². The van der Waals surface area contributed by atoms with Crippen LogP contribution >= 0.6 is 0 Å². The van der Waals surface area contributed by atoms with Crippen LogP contribution < -0.4 is 19.5 Å². The lowest BCUT2D eigenvalue weighted by atomic mass is 10.3. The fourth-order valence-corrected chi connectivity index (χ4v) is 1.82. The van der Waals surface area contributed by atoms with E-state index in [2.05, 4.69) is 5.32 Å². The van der Waals surface area contributed by atoms with E-state index >= 15 is 0 Å². The zero-order chi connectivity index (χ0) is 15.1. The van der Waals surface area contributed by atoms with Crippen LogP contribution in [0.3, 0.4) is 0 Å². The summed E-state index contributed by atoms with van der Waals surface area (Å²) in [4.78, 5) is 0. The zero-order valence-electron chi connectivity index (χ0n) is 12.1. The summed E-state index contributed by atoms with van der Waals surface area (Å²) >= 11 is 0. The predicted octanol–water partition coefficient (Wildman–Crippen LogP) is 3.33. The number of hydrogen-bond acceptors (Lipinski definition) is 4. The number of benzene rings is 2. The summed E-state index contributed by atoms with van der Waals surface area (Å²) in [6.45, 7) is 0.880. The molecule has 0 aromatic heterocycles. The molecule has 112 valence electrons. The van der Waals surface area contributed by atoms with Crippen molar-refractivity contribution >= 4 is 5.69 Å². The van der Waals surface area contributed by atoms with Crippen molar-refractivity contribution in [3.8, 4) is 17.2 Å². The Balaban J connectivity index is 1.87. The van der Waals surface area contributed by atoms with E-state index in [4.69, 9.17) is 14.2 Å². The van der Waals surface area contributed by atoms with E-state index < -0.39 is 0 Å². The molecule has 2 rings (SSSR count). The van der Waals surface area contributed by atoms with Crippen LogP contribution in [0.5, 0.6) is 17.2 Å². The Morgan fingerprint density at radius 1 is 0.952 bits per heavy atom. The van der Waals surface area contributed by atoms with E-state index in [9.17, 15) is 4.39 Å².